The van der Waals surface area contributed by atoms with Crippen LogP contribution in [0.1, 0.15) is 79.8 Å². The van der Waals surface area contributed by atoms with E-state index in [4.69, 9.17) is 0 Å². The van der Waals surface area contributed by atoms with Crippen molar-refractivity contribution in [3.05, 3.63) is 58.7 Å². The Morgan fingerprint density at radius 2 is 1.50 bits per heavy atom. The van der Waals surface area contributed by atoms with Crippen LogP contribution in [0.5, 0.6) is 0 Å². The van der Waals surface area contributed by atoms with Gasteiger partial charge in [0.15, 0.2) is 12.3 Å². The van der Waals surface area contributed by atoms with Gasteiger partial charge in [-0.25, -0.2) is 0 Å². The fourth-order valence-electron chi connectivity index (χ4n) is 5.03. The summed E-state index contributed by atoms with van der Waals surface area (Å²) in [7, 11) is 3.34. The molecule has 0 radical (unpaired) electrons. The number of benzene rings is 2. The van der Waals surface area contributed by atoms with Crippen molar-refractivity contribution in [3.63, 3.8) is 0 Å². The minimum Gasteiger partial charge on any atom is -0.395 e. The molecule has 0 unspecified atom stereocenters. The van der Waals surface area contributed by atoms with Crippen LogP contribution in [0.25, 0.3) is 0 Å². The zero-order valence-electron chi connectivity index (χ0n) is 25.8. The highest BCUT2D eigenvalue weighted by atomic mass is 33.1. The van der Waals surface area contributed by atoms with Crippen molar-refractivity contribution >= 4 is 50.5 Å². The van der Waals surface area contributed by atoms with Crippen LogP contribution in [-0.2, 0) is 10.8 Å². The maximum Gasteiger partial charge on any atom is 0.251 e. The maximum absolute atomic E-state index is 12.8. The number of nitrogens with zero attached hydrogens (tertiary/aromatic N) is 1. The molecule has 3 rings (SSSR count). The first-order valence-electron chi connectivity index (χ1n) is 14.6. The number of hydrogen-bond donors (Lipinski definition) is 5. The SMILES string of the molecule is CCC(C)(C)c1cc(C(=O)NCCSSCCNC(=O)c2ccc3c(c2)C(C)(C)C(C)=[N+]3CCO)ccc1NCCO. The molecule has 42 heavy (non-hydrogen) atoms. The van der Waals surface area contributed by atoms with Gasteiger partial charge in [-0.15, -0.1) is 0 Å². The molecule has 5 N–H and O–H groups in total. The fraction of sp³-hybridized carbons (Fsp3) is 0.531. The molecule has 0 spiro atoms. The molecular weight excluding hydrogens is 569 g/mol. The number of carbonyl (C=O) groups excluding carboxylic acids is 2. The Morgan fingerprint density at radius 3 is 2.07 bits per heavy atom. The van der Waals surface area contributed by atoms with Crippen LogP contribution in [0.3, 0.4) is 0 Å². The predicted molar refractivity (Wildman–Crippen MR) is 177 cm³/mol. The van der Waals surface area contributed by atoms with Gasteiger partial charge in [-0.2, -0.15) is 4.58 Å². The Kier molecular flexibility index (Phi) is 12.4. The maximum atomic E-state index is 12.8. The molecule has 0 saturated carbocycles. The van der Waals surface area contributed by atoms with Crippen molar-refractivity contribution in [2.75, 3.05) is 56.2 Å². The van der Waals surface area contributed by atoms with Gasteiger partial charge in [-0.1, -0.05) is 42.4 Å². The first-order valence-corrected chi connectivity index (χ1v) is 17.1. The summed E-state index contributed by atoms with van der Waals surface area (Å²) in [6.45, 7) is 15.1. The van der Waals surface area contributed by atoms with Gasteiger partial charge in [0.1, 0.15) is 6.61 Å². The van der Waals surface area contributed by atoms with E-state index in [0.717, 1.165) is 40.4 Å². The number of hydrogen-bond acceptors (Lipinski definition) is 7. The van der Waals surface area contributed by atoms with E-state index in [1.807, 2.05) is 36.4 Å². The van der Waals surface area contributed by atoms with Gasteiger partial charge in [0.25, 0.3) is 11.8 Å². The topological polar surface area (TPSA) is 114 Å². The highest BCUT2D eigenvalue weighted by Gasteiger charge is 2.43. The molecule has 8 nitrogen and oxygen atoms in total. The van der Waals surface area contributed by atoms with Crippen LogP contribution < -0.4 is 16.0 Å². The Bertz CT molecular complexity index is 1260. The smallest absolute Gasteiger partial charge is 0.251 e. The van der Waals surface area contributed by atoms with Crippen LogP contribution in [0.15, 0.2) is 36.4 Å². The molecule has 2 amide bonds. The number of nitrogens with one attached hydrogen (secondary N) is 3. The first-order chi connectivity index (χ1) is 20.0. The van der Waals surface area contributed by atoms with Gasteiger partial charge in [-0.3, -0.25) is 9.59 Å². The largest absolute Gasteiger partial charge is 0.395 e. The lowest BCUT2D eigenvalue weighted by Crippen LogP contribution is -2.28. The average Bonchev–Trinajstić information content (AvgIpc) is 3.17. The minimum absolute atomic E-state index is 0.0494. The predicted octanol–water partition coefficient (Wildman–Crippen LogP) is 4.71. The first kappa shape index (κ1) is 34.0. The van der Waals surface area contributed by atoms with Crippen LogP contribution >= 0.6 is 21.6 Å². The number of aliphatic hydroxyl groups is 2. The standard InChI is InChI=1S/C32H46N4O4S2/c1-7-31(3,4)25-20-23(8-10-27(25)33-12-16-37)29(39)34-13-18-41-42-19-14-35-30(40)24-9-11-28-26(21-24)32(5,6)22(2)36(28)15-17-38/h8-11,20-21,37-38H,7,12-19H2,1-6H3,(H2-,33,34,35,39,40)/p+1. The second kappa shape index (κ2) is 15.3. The monoisotopic (exact) mass is 615 g/mol. The van der Waals surface area contributed by atoms with Crippen molar-refractivity contribution in [2.45, 2.75) is 58.8 Å². The summed E-state index contributed by atoms with van der Waals surface area (Å²) in [4.78, 5) is 25.6. The lowest BCUT2D eigenvalue weighted by molar-refractivity contribution is -0.442. The summed E-state index contributed by atoms with van der Waals surface area (Å²) in [5.74, 6) is 1.33. The van der Waals surface area contributed by atoms with E-state index in [0.29, 0.717) is 37.3 Å². The summed E-state index contributed by atoms with van der Waals surface area (Å²) < 4.78 is 2.13. The molecule has 1 aliphatic rings. The van der Waals surface area contributed by atoms with E-state index < -0.39 is 0 Å². The summed E-state index contributed by atoms with van der Waals surface area (Å²) in [6.07, 6.45) is 0.925. The fourth-order valence-corrected chi connectivity index (χ4v) is 6.84. The van der Waals surface area contributed by atoms with E-state index in [1.54, 1.807) is 21.6 Å². The van der Waals surface area contributed by atoms with Crippen molar-refractivity contribution in [1.82, 2.24) is 10.6 Å². The second-order valence-electron chi connectivity index (χ2n) is 11.6. The number of carbonyl (C=O) groups is 2. The van der Waals surface area contributed by atoms with Crippen molar-refractivity contribution in [2.24, 2.45) is 0 Å². The van der Waals surface area contributed by atoms with E-state index in [2.05, 4.69) is 62.1 Å². The number of β-amino-alcohol motifs (C(OH)–C–C–N with tert-alkyl or cyclic N) is 1. The molecular formula is C32H47N4O4S2+. The molecule has 0 aromatic heterocycles. The third-order valence-electron chi connectivity index (χ3n) is 8.20. The highest BCUT2D eigenvalue weighted by molar-refractivity contribution is 8.76. The molecule has 0 saturated heterocycles. The molecule has 1 heterocycles. The van der Waals surface area contributed by atoms with Gasteiger partial charge < -0.3 is 26.2 Å². The van der Waals surface area contributed by atoms with Gasteiger partial charge in [0.05, 0.1) is 12.0 Å². The Labute approximate surface area is 258 Å². The summed E-state index contributed by atoms with van der Waals surface area (Å²) in [6, 6.07) is 11.5. The normalized spacial score (nSPS) is 14.1. The van der Waals surface area contributed by atoms with Crippen molar-refractivity contribution in [3.8, 4) is 0 Å². The molecule has 230 valence electrons. The lowest BCUT2D eigenvalue weighted by Gasteiger charge is -2.27. The summed E-state index contributed by atoms with van der Waals surface area (Å²) in [5, 5.41) is 27.9. The van der Waals surface area contributed by atoms with Gasteiger partial charge >= 0.3 is 0 Å². The van der Waals surface area contributed by atoms with Crippen molar-refractivity contribution < 1.29 is 24.4 Å². The molecule has 2 aromatic carbocycles. The zero-order chi connectivity index (χ0) is 30.9. The highest BCUT2D eigenvalue weighted by Crippen LogP contribution is 2.40. The van der Waals surface area contributed by atoms with E-state index in [-0.39, 0.29) is 35.9 Å². The van der Waals surface area contributed by atoms with E-state index in [1.165, 1.54) is 5.71 Å². The molecule has 1 aliphatic heterocycles. The second-order valence-corrected chi connectivity index (χ2v) is 14.3. The van der Waals surface area contributed by atoms with Gasteiger partial charge in [0.2, 0.25) is 5.69 Å². The molecule has 0 bridgehead atoms. The summed E-state index contributed by atoms with van der Waals surface area (Å²) >= 11 is 0. The molecule has 10 heteroatoms. The lowest BCUT2D eigenvalue weighted by atomic mass is 9.80. The zero-order valence-corrected chi connectivity index (χ0v) is 27.4. The van der Waals surface area contributed by atoms with Gasteiger partial charge in [-0.05, 0) is 61.6 Å². The van der Waals surface area contributed by atoms with Crippen LogP contribution in [-0.4, -0.2) is 83.2 Å². The number of aliphatic hydroxyl groups excluding tert-OH is 2. The number of anilines is 1. The van der Waals surface area contributed by atoms with E-state index in [9.17, 15) is 19.8 Å². The number of fused-ring (bicyclic) bond motifs is 1. The molecule has 0 aliphatic carbocycles. The summed E-state index contributed by atoms with van der Waals surface area (Å²) in [5.41, 5.74) is 6.32. The van der Waals surface area contributed by atoms with Gasteiger partial charge in [0, 0.05) is 66.5 Å². The molecule has 2 aromatic rings. The minimum atomic E-state index is -0.196. The van der Waals surface area contributed by atoms with Crippen LogP contribution in [0, 0.1) is 0 Å². The molecule has 0 fully saturated rings. The van der Waals surface area contributed by atoms with Crippen LogP contribution in [0.2, 0.25) is 0 Å². The van der Waals surface area contributed by atoms with Crippen molar-refractivity contribution in [1.29, 1.82) is 0 Å². The molecule has 0 atom stereocenters. The average molecular weight is 616 g/mol. The quantitative estimate of drug-likeness (QED) is 0.106. The third-order valence-corrected chi connectivity index (χ3v) is 10.6. The Morgan fingerprint density at radius 1 is 0.905 bits per heavy atom. The number of amides is 2. The Hall–Kier alpha value is -2.53. The Balaban J connectivity index is 1.41. The van der Waals surface area contributed by atoms with E-state index >= 15 is 0 Å². The third kappa shape index (κ3) is 8.09. The van der Waals surface area contributed by atoms with Crippen LogP contribution in [0.4, 0.5) is 11.4 Å². The number of rotatable bonds is 16.